The standard InChI is InChI=1S/C21H21BrFN3O3S/c22-16-10-14(3-4-17(16)23)25-20-19-13-2-1-12(9-13)18(19)15(11-24-20)21(27)26-5-7-30(28,29)8-6-26/h3-4,10-13H,1-2,5-9H2,(H,24,25). The first-order valence-corrected chi connectivity index (χ1v) is 12.7. The molecule has 0 spiro atoms. The van der Waals surface area contributed by atoms with Crippen molar-refractivity contribution in [1.29, 1.82) is 0 Å². The van der Waals surface area contributed by atoms with Crippen LogP contribution in [0.1, 0.15) is 52.6 Å². The van der Waals surface area contributed by atoms with Crippen molar-refractivity contribution in [2.75, 3.05) is 29.9 Å². The number of halogens is 2. The van der Waals surface area contributed by atoms with Gasteiger partial charge in [-0.05, 0) is 70.8 Å². The summed E-state index contributed by atoms with van der Waals surface area (Å²) in [6.45, 7) is 0.460. The van der Waals surface area contributed by atoms with Crippen LogP contribution in [0.4, 0.5) is 15.9 Å². The molecule has 2 aromatic rings. The smallest absolute Gasteiger partial charge is 0.255 e. The first kappa shape index (κ1) is 19.9. The van der Waals surface area contributed by atoms with E-state index in [1.807, 2.05) is 0 Å². The maximum absolute atomic E-state index is 13.6. The van der Waals surface area contributed by atoms with Gasteiger partial charge in [0.2, 0.25) is 0 Å². The summed E-state index contributed by atoms with van der Waals surface area (Å²) in [5, 5.41) is 3.30. The van der Waals surface area contributed by atoms with Crippen LogP contribution in [0.3, 0.4) is 0 Å². The van der Waals surface area contributed by atoms with Gasteiger partial charge < -0.3 is 10.2 Å². The van der Waals surface area contributed by atoms with Crippen LogP contribution in [-0.4, -0.2) is 48.8 Å². The molecule has 2 atom stereocenters. The van der Waals surface area contributed by atoms with Crippen LogP contribution >= 0.6 is 15.9 Å². The highest BCUT2D eigenvalue weighted by Gasteiger charge is 2.42. The number of rotatable bonds is 3. The van der Waals surface area contributed by atoms with Crippen molar-refractivity contribution < 1.29 is 17.6 Å². The molecule has 158 valence electrons. The van der Waals surface area contributed by atoms with Crippen molar-refractivity contribution in [1.82, 2.24) is 9.88 Å². The number of carbonyl (C=O) groups is 1. The van der Waals surface area contributed by atoms with E-state index < -0.39 is 9.84 Å². The molecule has 2 aliphatic carbocycles. The Hall–Kier alpha value is -2.00. The van der Waals surface area contributed by atoms with Gasteiger partial charge in [-0.2, -0.15) is 0 Å². The molecule has 1 amide bonds. The molecule has 3 aliphatic rings. The largest absolute Gasteiger partial charge is 0.340 e. The second kappa shape index (κ2) is 7.30. The zero-order valence-corrected chi connectivity index (χ0v) is 18.6. The number of fused-ring (bicyclic) bond motifs is 5. The van der Waals surface area contributed by atoms with Crippen molar-refractivity contribution in [2.45, 2.75) is 31.1 Å². The first-order valence-electron chi connectivity index (χ1n) is 10.1. The minimum atomic E-state index is -3.05. The van der Waals surface area contributed by atoms with E-state index in [0.717, 1.165) is 36.1 Å². The summed E-state index contributed by atoms with van der Waals surface area (Å²) in [6, 6.07) is 4.72. The molecule has 2 heterocycles. The number of hydrogen-bond acceptors (Lipinski definition) is 5. The Bertz CT molecular complexity index is 1140. The third-order valence-corrected chi connectivity index (χ3v) is 8.67. The number of amides is 1. The van der Waals surface area contributed by atoms with Crippen molar-refractivity contribution in [3.63, 3.8) is 0 Å². The molecule has 6 nitrogen and oxygen atoms in total. The third kappa shape index (κ3) is 3.41. The van der Waals surface area contributed by atoms with Gasteiger partial charge in [-0.25, -0.2) is 17.8 Å². The first-order chi connectivity index (χ1) is 14.3. The van der Waals surface area contributed by atoms with Gasteiger partial charge in [0.25, 0.3) is 5.91 Å². The van der Waals surface area contributed by atoms with Gasteiger partial charge in [-0.15, -0.1) is 0 Å². The highest BCUT2D eigenvalue weighted by molar-refractivity contribution is 9.10. The lowest BCUT2D eigenvalue weighted by Crippen LogP contribution is -2.44. The van der Waals surface area contributed by atoms with Gasteiger partial charge in [-0.1, -0.05) is 0 Å². The maximum Gasteiger partial charge on any atom is 0.255 e. The second-order valence-electron chi connectivity index (χ2n) is 8.25. The molecule has 1 saturated carbocycles. The van der Waals surface area contributed by atoms with Crippen LogP contribution in [0.2, 0.25) is 0 Å². The summed E-state index contributed by atoms with van der Waals surface area (Å²) in [5.74, 6) is 0.978. The van der Waals surface area contributed by atoms with E-state index >= 15 is 0 Å². The average molecular weight is 494 g/mol. The average Bonchev–Trinajstić information content (AvgIpc) is 3.33. The van der Waals surface area contributed by atoms with E-state index in [4.69, 9.17) is 0 Å². The summed E-state index contributed by atoms with van der Waals surface area (Å²) in [4.78, 5) is 19.4. The topological polar surface area (TPSA) is 79.4 Å². The molecule has 0 radical (unpaired) electrons. The normalized spacial score (nSPS) is 24.0. The number of benzene rings is 1. The predicted octanol–water partition coefficient (Wildman–Crippen LogP) is 3.96. The molecule has 2 bridgehead atoms. The minimum absolute atomic E-state index is 0.0134. The molecule has 5 rings (SSSR count). The number of nitrogens with zero attached hydrogens (tertiary/aromatic N) is 2. The Labute approximate surface area is 182 Å². The number of anilines is 2. The number of carbonyl (C=O) groups excluding carboxylic acids is 1. The second-order valence-corrected chi connectivity index (χ2v) is 11.4. The molecule has 1 aliphatic heterocycles. The van der Waals surface area contributed by atoms with Crippen LogP contribution in [0.5, 0.6) is 0 Å². The highest BCUT2D eigenvalue weighted by atomic mass is 79.9. The van der Waals surface area contributed by atoms with E-state index in [9.17, 15) is 17.6 Å². The zero-order valence-electron chi connectivity index (χ0n) is 16.2. The Morgan fingerprint density at radius 1 is 1.17 bits per heavy atom. The summed E-state index contributed by atoms with van der Waals surface area (Å²) in [6.07, 6.45) is 4.75. The van der Waals surface area contributed by atoms with E-state index in [0.29, 0.717) is 27.7 Å². The Morgan fingerprint density at radius 2 is 1.87 bits per heavy atom. The van der Waals surface area contributed by atoms with Crippen molar-refractivity contribution in [3.8, 4) is 0 Å². The highest BCUT2D eigenvalue weighted by Crippen LogP contribution is 2.56. The summed E-state index contributed by atoms with van der Waals surface area (Å²) in [5.41, 5.74) is 3.47. The summed E-state index contributed by atoms with van der Waals surface area (Å²) in [7, 11) is -3.05. The van der Waals surface area contributed by atoms with Gasteiger partial charge in [0.05, 0.1) is 21.5 Å². The van der Waals surface area contributed by atoms with Gasteiger partial charge in [-0.3, -0.25) is 4.79 Å². The van der Waals surface area contributed by atoms with E-state index in [1.165, 1.54) is 6.07 Å². The number of hydrogen-bond donors (Lipinski definition) is 1. The Morgan fingerprint density at radius 3 is 2.57 bits per heavy atom. The lowest BCUT2D eigenvalue weighted by molar-refractivity contribution is 0.0768. The van der Waals surface area contributed by atoms with E-state index in [-0.39, 0.29) is 36.3 Å². The molecule has 9 heteroatoms. The van der Waals surface area contributed by atoms with Crippen LogP contribution in [0.25, 0.3) is 0 Å². The molecular weight excluding hydrogens is 473 g/mol. The predicted molar refractivity (Wildman–Crippen MR) is 116 cm³/mol. The van der Waals surface area contributed by atoms with E-state index in [2.05, 4.69) is 26.2 Å². The van der Waals surface area contributed by atoms with Crippen LogP contribution in [0.15, 0.2) is 28.9 Å². The number of pyridine rings is 1. The molecular formula is C21H21BrFN3O3S. The van der Waals surface area contributed by atoms with Gasteiger partial charge in [0.15, 0.2) is 9.84 Å². The molecule has 1 saturated heterocycles. The van der Waals surface area contributed by atoms with Crippen molar-refractivity contribution in [3.05, 3.63) is 51.4 Å². The molecule has 30 heavy (non-hydrogen) atoms. The Balaban J connectivity index is 1.49. The van der Waals surface area contributed by atoms with Gasteiger partial charge >= 0.3 is 0 Å². The molecule has 2 unspecified atom stereocenters. The van der Waals surface area contributed by atoms with Gasteiger partial charge in [0, 0.05) is 30.5 Å². The van der Waals surface area contributed by atoms with Crippen LogP contribution < -0.4 is 5.32 Å². The SMILES string of the molecule is O=C(c1cnc(Nc2ccc(F)c(Br)c2)c2c1C1CCC2C1)N1CCS(=O)(=O)CC1. The van der Waals surface area contributed by atoms with Crippen LogP contribution in [-0.2, 0) is 9.84 Å². The summed E-state index contributed by atoms with van der Waals surface area (Å²) >= 11 is 3.21. The number of aromatic nitrogens is 1. The lowest BCUT2D eigenvalue weighted by atomic mass is 9.88. The minimum Gasteiger partial charge on any atom is -0.340 e. The monoisotopic (exact) mass is 493 g/mol. The fraction of sp³-hybridized carbons (Fsp3) is 0.429. The fourth-order valence-corrected chi connectivity index (χ4v) is 6.55. The quantitative estimate of drug-likeness (QED) is 0.699. The van der Waals surface area contributed by atoms with Gasteiger partial charge in [0.1, 0.15) is 11.6 Å². The van der Waals surface area contributed by atoms with Crippen molar-refractivity contribution >= 4 is 43.2 Å². The van der Waals surface area contributed by atoms with Crippen LogP contribution in [0, 0.1) is 5.82 Å². The maximum atomic E-state index is 13.6. The summed E-state index contributed by atoms with van der Waals surface area (Å²) < 4.78 is 37.4. The molecule has 2 fully saturated rings. The molecule has 1 aromatic carbocycles. The Kier molecular flexibility index (Phi) is 4.85. The van der Waals surface area contributed by atoms with E-state index in [1.54, 1.807) is 23.2 Å². The lowest BCUT2D eigenvalue weighted by Gasteiger charge is -2.29. The zero-order chi connectivity index (χ0) is 21.0. The van der Waals surface area contributed by atoms with Crippen molar-refractivity contribution in [2.24, 2.45) is 0 Å². The molecule has 1 N–H and O–H groups in total. The fourth-order valence-electron chi connectivity index (χ4n) is 4.97. The number of nitrogens with one attached hydrogen (secondary N) is 1. The number of sulfone groups is 1. The third-order valence-electron chi connectivity index (χ3n) is 6.45. The molecule has 1 aromatic heterocycles.